The molecule has 6 heteroatoms. The van der Waals surface area contributed by atoms with Crippen LogP contribution in [0.25, 0.3) is 0 Å². The Balaban J connectivity index is 1.85. The average molecular weight is 329 g/mol. The van der Waals surface area contributed by atoms with Crippen molar-refractivity contribution in [2.75, 3.05) is 0 Å². The molecule has 2 aromatic rings. The lowest BCUT2D eigenvalue weighted by Crippen LogP contribution is -2.38. The largest absolute Gasteiger partial charge is 0.304 e. The predicted molar refractivity (Wildman–Crippen MR) is 90.3 cm³/mol. The van der Waals surface area contributed by atoms with Crippen LogP contribution in [0.4, 0.5) is 10.2 Å². The summed E-state index contributed by atoms with van der Waals surface area (Å²) >= 11 is 1.38. The summed E-state index contributed by atoms with van der Waals surface area (Å²) in [6.07, 6.45) is 1.65. The third-order valence-electron chi connectivity index (χ3n) is 3.81. The molecule has 3 rings (SSSR count). The van der Waals surface area contributed by atoms with Crippen molar-refractivity contribution in [1.82, 2.24) is 10.3 Å². The van der Waals surface area contributed by atoms with Crippen molar-refractivity contribution in [3.8, 4) is 0 Å². The van der Waals surface area contributed by atoms with Gasteiger partial charge in [0.15, 0.2) is 11.0 Å². The second-order valence-electron chi connectivity index (χ2n) is 5.82. The van der Waals surface area contributed by atoms with Crippen LogP contribution >= 0.6 is 11.8 Å². The van der Waals surface area contributed by atoms with E-state index in [2.05, 4.69) is 15.3 Å². The highest BCUT2D eigenvalue weighted by Crippen LogP contribution is 2.38. The maximum absolute atomic E-state index is 13.1. The Morgan fingerprint density at radius 3 is 2.61 bits per heavy atom. The van der Waals surface area contributed by atoms with E-state index in [1.165, 1.54) is 23.9 Å². The molecule has 1 fully saturated rings. The molecule has 1 aliphatic heterocycles. The highest BCUT2D eigenvalue weighted by atomic mass is 32.2. The molecule has 0 bridgehead atoms. The first-order valence-electron chi connectivity index (χ1n) is 7.20. The van der Waals surface area contributed by atoms with Gasteiger partial charge in [-0.2, -0.15) is 0 Å². The number of halogens is 1. The summed E-state index contributed by atoms with van der Waals surface area (Å²) in [6, 6.07) is 11.7. The van der Waals surface area contributed by atoms with Gasteiger partial charge in [-0.05, 0) is 29.8 Å². The fraction of sp³-hybridized carbons (Fsp3) is 0.235. The number of nitrogens with one attached hydrogen (secondary N) is 1. The Kier molecular flexibility index (Phi) is 4.17. The lowest BCUT2D eigenvalue weighted by molar-refractivity contribution is -0.119. The second kappa shape index (κ2) is 6.12. The SMILES string of the molecule is CC(C)(c1ccc(F)cc1)C1SC(=Nc2ccccn2)NC1=O. The summed E-state index contributed by atoms with van der Waals surface area (Å²) in [5.74, 6) is 0.167. The highest BCUT2D eigenvalue weighted by molar-refractivity contribution is 8.15. The average Bonchev–Trinajstić information content (AvgIpc) is 2.90. The number of carbonyl (C=O) groups excluding carboxylic acids is 1. The van der Waals surface area contributed by atoms with Crippen molar-refractivity contribution in [2.24, 2.45) is 4.99 Å². The number of carbonyl (C=O) groups is 1. The third-order valence-corrected chi connectivity index (χ3v) is 5.26. The molecule has 1 aliphatic rings. The molecule has 0 spiro atoms. The quantitative estimate of drug-likeness (QED) is 0.939. The van der Waals surface area contributed by atoms with Gasteiger partial charge in [0.05, 0.1) is 0 Å². The molecular formula is C17H16FN3OS. The van der Waals surface area contributed by atoms with E-state index in [0.717, 1.165) is 5.56 Å². The van der Waals surface area contributed by atoms with Crippen LogP contribution in [-0.2, 0) is 10.2 Å². The number of rotatable bonds is 3. The van der Waals surface area contributed by atoms with Gasteiger partial charge in [-0.15, -0.1) is 0 Å². The Morgan fingerprint density at radius 2 is 1.96 bits per heavy atom. The van der Waals surface area contributed by atoms with Crippen molar-refractivity contribution >= 4 is 28.7 Å². The number of thioether (sulfide) groups is 1. The van der Waals surface area contributed by atoms with Gasteiger partial charge in [0.25, 0.3) is 0 Å². The van der Waals surface area contributed by atoms with E-state index in [1.54, 1.807) is 24.4 Å². The van der Waals surface area contributed by atoms with E-state index < -0.39 is 5.41 Å². The molecule has 0 saturated carbocycles. The summed E-state index contributed by atoms with van der Waals surface area (Å²) in [5.41, 5.74) is 0.453. The van der Waals surface area contributed by atoms with Crippen molar-refractivity contribution in [2.45, 2.75) is 24.5 Å². The smallest absolute Gasteiger partial charge is 0.240 e. The standard InChI is InChI=1S/C17H16FN3OS/c1-17(2,11-6-8-12(18)9-7-11)14-15(22)21-16(23-14)20-13-5-3-4-10-19-13/h3-10,14H,1-2H3,(H,19,20,21,22). The number of aromatic nitrogens is 1. The molecule has 2 heterocycles. The first-order chi connectivity index (χ1) is 11.0. The summed E-state index contributed by atoms with van der Waals surface area (Å²) in [4.78, 5) is 20.8. The van der Waals surface area contributed by atoms with Crippen LogP contribution in [-0.4, -0.2) is 21.3 Å². The lowest BCUT2D eigenvalue weighted by Gasteiger charge is -2.29. The Labute approximate surface area is 138 Å². The van der Waals surface area contributed by atoms with Gasteiger partial charge in [0, 0.05) is 11.6 Å². The van der Waals surface area contributed by atoms with Crippen LogP contribution in [0.5, 0.6) is 0 Å². The number of pyridine rings is 1. The first-order valence-corrected chi connectivity index (χ1v) is 8.08. The van der Waals surface area contributed by atoms with Crippen LogP contribution in [0.3, 0.4) is 0 Å². The van der Waals surface area contributed by atoms with Crippen molar-refractivity contribution < 1.29 is 9.18 Å². The molecular weight excluding hydrogens is 313 g/mol. The zero-order valence-corrected chi connectivity index (χ0v) is 13.6. The van der Waals surface area contributed by atoms with Gasteiger partial charge >= 0.3 is 0 Å². The molecule has 1 unspecified atom stereocenters. The monoisotopic (exact) mass is 329 g/mol. The Bertz CT molecular complexity index is 744. The van der Waals surface area contributed by atoms with Gasteiger partial charge < -0.3 is 5.32 Å². The van der Waals surface area contributed by atoms with Crippen LogP contribution in [0.1, 0.15) is 19.4 Å². The van der Waals surface area contributed by atoms with Crippen LogP contribution < -0.4 is 5.32 Å². The van der Waals surface area contributed by atoms with Crippen molar-refractivity contribution in [3.63, 3.8) is 0 Å². The van der Waals surface area contributed by atoms with Gasteiger partial charge in [-0.3, -0.25) is 4.79 Å². The van der Waals surface area contributed by atoms with E-state index >= 15 is 0 Å². The number of aliphatic imine (C=N–C) groups is 1. The summed E-state index contributed by atoms with van der Waals surface area (Å²) in [7, 11) is 0. The molecule has 118 valence electrons. The number of nitrogens with zero attached hydrogens (tertiary/aromatic N) is 2. The molecule has 1 atom stereocenters. The minimum absolute atomic E-state index is 0.0981. The summed E-state index contributed by atoms with van der Waals surface area (Å²) in [6.45, 7) is 3.95. The van der Waals surface area contributed by atoms with E-state index in [0.29, 0.717) is 11.0 Å². The first kappa shape index (κ1) is 15.7. The molecule has 0 aliphatic carbocycles. The van der Waals surface area contributed by atoms with Crippen LogP contribution in [0, 0.1) is 5.82 Å². The molecule has 1 aromatic carbocycles. The molecule has 4 nitrogen and oxygen atoms in total. The topological polar surface area (TPSA) is 54.4 Å². The third kappa shape index (κ3) is 3.27. The Morgan fingerprint density at radius 1 is 1.22 bits per heavy atom. The van der Waals surface area contributed by atoms with Crippen LogP contribution in [0.2, 0.25) is 0 Å². The number of hydrogen-bond donors (Lipinski definition) is 1. The van der Waals surface area contributed by atoms with Gasteiger partial charge in [-0.25, -0.2) is 14.4 Å². The van der Waals surface area contributed by atoms with E-state index in [1.807, 2.05) is 26.0 Å². The highest BCUT2D eigenvalue weighted by Gasteiger charge is 2.43. The number of hydrogen-bond acceptors (Lipinski definition) is 4. The number of amidine groups is 1. The predicted octanol–water partition coefficient (Wildman–Crippen LogP) is 3.42. The summed E-state index contributed by atoms with van der Waals surface area (Å²) in [5, 5.41) is 3.00. The maximum Gasteiger partial charge on any atom is 0.240 e. The van der Waals surface area contributed by atoms with Crippen LogP contribution in [0.15, 0.2) is 53.7 Å². The lowest BCUT2D eigenvalue weighted by atomic mass is 9.81. The zero-order chi connectivity index (χ0) is 16.4. The molecule has 1 aromatic heterocycles. The normalized spacial score (nSPS) is 19.9. The van der Waals surface area contributed by atoms with Crippen molar-refractivity contribution in [3.05, 3.63) is 60.0 Å². The molecule has 0 radical (unpaired) electrons. The molecule has 1 N–H and O–H groups in total. The maximum atomic E-state index is 13.1. The number of benzene rings is 1. The Hall–Kier alpha value is -2.21. The zero-order valence-electron chi connectivity index (χ0n) is 12.8. The van der Waals surface area contributed by atoms with E-state index in [-0.39, 0.29) is 17.0 Å². The second-order valence-corrected chi connectivity index (χ2v) is 6.91. The molecule has 1 saturated heterocycles. The fourth-order valence-electron chi connectivity index (χ4n) is 2.45. The van der Waals surface area contributed by atoms with Gasteiger partial charge in [0.1, 0.15) is 11.1 Å². The van der Waals surface area contributed by atoms with Gasteiger partial charge in [0.2, 0.25) is 5.91 Å². The molecule has 23 heavy (non-hydrogen) atoms. The van der Waals surface area contributed by atoms with Crippen molar-refractivity contribution in [1.29, 1.82) is 0 Å². The fourth-order valence-corrected chi connectivity index (χ4v) is 3.58. The minimum Gasteiger partial charge on any atom is -0.304 e. The molecule has 1 amide bonds. The summed E-state index contributed by atoms with van der Waals surface area (Å²) < 4.78 is 13.1. The van der Waals surface area contributed by atoms with E-state index in [4.69, 9.17) is 0 Å². The van der Waals surface area contributed by atoms with Gasteiger partial charge in [-0.1, -0.05) is 43.8 Å². The minimum atomic E-state index is -0.455. The van der Waals surface area contributed by atoms with E-state index in [9.17, 15) is 9.18 Å². The number of amides is 1.